The fourth-order valence-electron chi connectivity index (χ4n) is 5.77. The summed E-state index contributed by atoms with van der Waals surface area (Å²) in [5, 5.41) is 7.20. The van der Waals surface area contributed by atoms with Crippen molar-refractivity contribution in [2.24, 2.45) is 5.92 Å². The number of amides is 1. The Hall–Kier alpha value is -3.38. The number of benzene rings is 1. The zero-order valence-corrected chi connectivity index (χ0v) is 20.1. The van der Waals surface area contributed by atoms with E-state index < -0.39 is 0 Å². The van der Waals surface area contributed by atoms with Gasteiger partial charge in [0, 0.05) is 46.7 Å². The first-order chi connectivity index (χ1) is 17.1. The van der Waals surface area contributed by atoms with E-state index in [9.17, 15) is 4.79 Å². The molecule has 3 aromatic heterocycles. The van der Waals surface area contributed by atoms with Gasteiger partial charge >= 0.3 is 0 Å². The van der Waals surface area contributed by atoms with E-state index in [1.54, 1.807) is 6.20 Å². The van der Waals surface area contributed by atoms with Gasteiger partial charge in [-0.2, -0.15) is 0 Å². The Morgan fingerprint density at radius 3 is 2.94 bits per heavy atom. The Balaban J connectivity index is 1.01. The van der Waals surface area contributed by atoms with E-state index in [1.807, 2.05) is 24.3 Å². The van der Waals surface area contributed by atoms with Crippen LogP contribution in [0.25, 0.3) is 5.65 Å². The molecular formula is C28H26ClN5O. The first kappa shape index (κ1) is 20.9. The first-order valence-electron chi connectivity index (χ1n) is 12.3. The van der Waals surface area contributed by atoms with Crippen LogP contribution in [0.5, 0.6) is 0 Å². The summed E-state index contributed by atoms with van der Waals surface area (Å²) in [6.45, 7) is 0.598. The van der Waals surface area contributed by atoms with E-state index in [-0.39, 0.29) is 17.2 Å². The molecule has 0 radical (unpaired) electrons. The molecule has 3 aliphatic carbocycles. The third kappa shape index (κ3) is 3.76. The molecule has 0 saturated heterocycles. The van der Waals surface area contributed by atoms with Gasteiger partial charge < -0.3 is 15.0 Å². The summed E-state index contributed by atoms with van der Waals surface area (Å²) < 4.78 is 2.11. The fraction of sp³-hybridized carbons (Fsp3) is 0.321. The predicted molar refractivity (Wildman–Crippen MR) is 137 cm³/mol. The first-order valence-corrected chi connectivity index (χ1v) is 12.7. The molecule has 2 saturated carbocycles. The number of carbonyl (C=O) groups is 1. The van der Waals surface area contributed by atoms with Crippen molar-refractivity contribution in [1.29, 1.82) is 0 Å². The van der Waals surface area contributed by atoms with Crippen molar-refractivity contribution in [2.75, 3.05) is 10.6 Å². The molecule has 1 spiro atoms. The summed E-state index contributed by atoms with van der Waals surface area (Å²) in [6, 6.07) is 14.2. The molecule has 2 fully saturated rings. The minimum absolute atomic E-state index is 0.0286. The van der Waals surface area contributed by atoms with Crippen LogP contribution in [0.3, 0.4) is 0 Å². The van der Waals surface area contributed by atoms with Crippen molar-refractivity contribution in [3.8, 4) is 0 Å². The number of hydrogen-bond acceptors (Lipinski definition) is 4. The second-order valence-electron chi connectivity index (χ2n) is 10.2. The fourth-order valence-corrected chi connectivity index (χ4v) is 5.94. The molecule has 1 amide bonds. The number of pyridine rings is 2. The number of nitrogens with one attached hydrogen (secondary N) is 2. The van der Waals surface area contributed by atoms with Gasteiger partial charge in [0.05, 0.1) is 12.2 Å². The SMILES string of the molecule is O=C(Nc1cc(NCc2cn3cc(C4CC4)ccc3n2)ccn1)[C@@H]1C[C@]12CCc1ccc(Cl)cc12. The van der Waals surface area contributed by atoms with Crippen LogP contribution in [0.2, 0.25) is 5.02 Å². The lowest BCUT2D eigenvalue weighted by Crippen LogP contribution is -2.20. The highest BCUT2D eigenvalue weighted by molar-refractivity contribution is 6.30. The maximum Gasteiger partial charge on any atom is 0.229 e. The third-order valence-corrected chi connectivity index (χ3v) is 8.13. The third-order valence-electron chi connectivity index (χ3n) is 7.90. The van der Waals surface area contributed by atoms with Gasteiger partial charge in [0.15, 0.2) is 0 Å². The zero-order chi connectivity index (χ0) is 23.6. The van der Waals surface area contributed by atoms with E-state index in [0.717, 1.165) is 47.2 Å². The number of aromatic nitrogens is 3. The lowest BCUT2D eigenvalue weighted by Gasteiger charge is -2.12. The largest absolute Gasteiger partial charge is 0.379 e. The van der Waals surface area contributed by atoms with Gasteiger partial charge in [0.1, 0.15) is 11.5 Å². The van der Waals surface area contributed by atoms with Crippen LogP contribution in [-0.4, -0.2) is 20.3 Å². The van der Waals surface area contributed by atoms with Crippen molar-refractivity contribution in [3.63, 3.8) is 0 Å². The Morgan fingerprint density at radius 1 is 1.14 bits per heavy atom. The van der Waals surface area contributed by atoms with Crippen LogP contribution >= 0.6 is 11.6 Å². The van der Waals surface area contributed by atoms with E-state index >= 15 is 0 Å². The second-order valence-corrected chi connectivity index (χ2v) is 10.7. The van der Waals surface area contributed by atoms with E-state index in [4.69, 9.17) is 16.6 Å². The average Bonchev–Trinajstić information content (AvgIpc) is 3.76. The Labute approximate surface area is 208 Å². The summed E-state index contributed by atoms with van der Waals surface area (Å²) in [7, 11) is 0. The van der Waals surface area contributed by atoms with Gasteiger partial charge in [-0.25, -0.2) is 9.97 Å². The minimum atomic E-state index is -0.0529. The quantitative estimate of drug-likeness (QED) is 0.368. The normalized spacial score (nSPS) is 22.4. The number of anilines is 2. The Kier molecular flexibility index (Phi) is 4.68. The highest BCUT2D eigenvalue weighted by atomic mass is 35.5. The van der Waals surface area contributed by atoms with Crippen LogP contribution in [0.4, 0.5) is 11.5 Å². The van der Waals surface area contributed by atoms with E-state index in [0.29, 0.717) is 12.4 Å². The summed E-state index contributed by atoms with van der Waals surface area (Å²) >= 11 is 6.25. The molecule has 4 aromatic rings. The Bertz CT molecular complexity index is 1480. The molecule has 3 aliphatic rings. The summed E-state index contributed by atoms with van der Waals surface area (Å²) in [5.74, 6) is 1.30. The summed E-state index contributed by atoms with van der Waals surface area (Å²) in [6.07, 6.45) is 11.5. The predicted octanol–water partition coefficient (Wildman–Crippen LogP) is 5.71. The number of hydrogen-bond donors (Lipinski definition) is 2. The minimum Gasteiger partial charge on any atom is -0.379 e. The molecular weight excluding hydrogens is 458 g/mol. The molecule has 0 unspecified atom stereocenters. The van der Waals surface area contributed by atoms with Crippen LogP contribution < -0.4 is 10.6 Å². The van der Waals surface area contributed by atoms with Crippen LogP contribution in [0, 0.1) is 5.92 Å². The second kappa shape index (κ2) is 7.82. The molecule has 176 valence electrons. The van der Waals surface area contributed by atoms with E-state index in [1.165, 1.54) is 29.5 Å². The lowest BCUT2D eigenvalue weighted by molar-refractivity contribution is -0.117. The smallest absolute Gasteiger partial charge is 0.229 e. The highest BCUT2D eigenvalue weighted by Crippen LogP contribution is 2.62. The maximum atomic E-state index is 13.1. The molecule has 2 N–H and O–H groups in total. The topological polar surface area (TPSA) is 71.3 Å². The van der Waals surface area contributed by atoms with Crippen molar-refractivity contribution < 1.29 is 4.79 Å². The van der Waals surface area contributed by atoms with Crippen LogP contribution in [-0.2, 0) is 23.2 Å². The lowest BCUT2D eigenvalue weighted by atomic mass is 9.95. The van der Waals surface area contributed by atoms with Gasteiger partial charge in [0.25, 0.3) is 0 Å². The van der Waals surface area contributed by atoms with Crippen molar-refractivity contribution in [3.05, 3.63) is 88.5 Å². The number of rotatable bonds is 6. The molecule has 6 nitrogen and oxygen atoms in total. The van der Waals surface area contributed by atoms with Crippen molar-refractivity contribution in [2.45, 2.75) is 50.0 Å². The zero-order valence-electron chi connectivity index (χ0n) is 19.3. The van der Waals surface area contributed by atoms with Crippen molar-refractivity contribution >= 4 is 34.7 Å². The molecule has 0 aliphatic heterocycles. The number of halogens is 1. The molecule has 7 heteroatoms. The molecule has 2 atom stereocenters. The van der Waals surface area contributed by atoms with Crippen molar-refractivity contribution in [1.82, 2.24) is 14.4 Å². The number of nitrogens with zero attached hydrogens (tertiary/aromatic N) is 3. The van der Waals surface area contributed by atoms with Gasteiger partial charge in [-0.05, 0) is 79.0 Å². The molecule has 3 heterocycles. The molecule has 0 bridgehead atoms. The Morgan fingerprint density at radius 2 is 2.06 bits per heavy atom. The van der Waals surface area contributed by atoms with Gasteiger partial charge in [-0.15, -0.1) is 0 Å². The molecule has 35 heavy (non-hydrogen) atoms. The van der Waals surface area contributed by atoms with Crippen LogP contribution in [0.1, 0.15) is 54.0 Å². The molecule has 1 aromatic carbocycles. The number of carbonyl (C=O) groups excluding carboxylic acids is 1. The van der Waals surface area contributed by atoms with Crippen LogP contribution in [0.15, 0.2) is 61.1 Å². The average molecular weight is 484 g/mol. The highest BCUT2D eigenvalue weighted by Gasteiger charge is 2.61. The number of aryl methyl sites for hydroxylation is 1. The number of imidazole rings is 1. The van der Waals surface area contributed by atoms with E-state index in [2.05, 4.69) is 50.6 Å². The number of fused-ring (bicyclic) bond motifs is 3. The summed E-state index contributed by atoms with van der Waals surface area (Å²) in [5.41, 5.74) is 6.75. The van der Waals surface area contributed by atoms with Gasteiger partial charge in [-0.1, -0.05) is 23.7 Å². The van der Waals surface area contributed by atoms with Gasteiger partial charge in [0.2, 0.25) is 5.91 Å². The molecule has 7 rings (SSSR count). The standard InChI is InChI=1S/C28H26ClN5O/c29-20-5-3-18-7-9-28(23(18)11-20)13-24(28)27(35)33-25-12-21(8-10-30-25)31-14-22-16-34-15-19(17-1-2-17)4-6-26(34)32-22/h3-6,8,10-12,15-17,24H,1-2,7,9,13-14H2,(H2,30,31,33,35)/t24-,28-/m0/s1. The monoisotopic (exact) mass is 483 g/mol. The van der Waals surface area contributed by atoms with Gasteiger partial charge in [-0.3, -0.25) is 4.79 Å². The maximum absolute atomic E-state index is 13.1. The summed E-state index contributed by atoms with van der Waals surface area (Å²) in [4.78, 5) is 22.2.